The molecule has 0 heterocycles. The van der Waals surface area contributed by atoms with Gasteiger partial charge in [-0.25, -0.2) is 4.79 Å². The third-order valence-electron chi connectivity index (χ3n) is 2.38. The molecule has 1 aromatic carbocycles. The first-order valence-corrected chi connectivity index (χ1v) is 5.39. The Hall–Kier alpha value is -2.05. The van der Waals surface area contributed by atoms with E-state index in [9.17, 15) is 22.8 Å². The van der Waals surface area contributed by atoms with Gasteiger partial charge in [0.05, 0.1) is 12.0 Å². The van der Waals surface area contributed by atoms with E-state index in [4.69, 9.17) is 5.11 Å². The topological polar surface area (TPSA) is 66.4 Å². The van der Waals surface area contributed by atoms with Crippen molar-refractivity contribution in [2.45, 2.75) is 25.9 Å². The molecule has 0 bridgehead atoms. The Morgan fingerprint density at radius 2 is 1.95 bits per heavy atom. The predicted molar refractivity (Wildman–Crippen MR) is 62.1 cm³/mol. The van der Waals surface area contributed by atoms with Crippen LogP contribution in [0.5, 0.6) is 0 Å². The lowest BCUT2D eigenvalue weighted by molar-refractivity contribution is -0.142. The second-order valence-corrected chi connectivity index (χ2v) is 4.00. The number of carbonyl (C=O) groups excluding carboxylic acids is 1. The summed E-state index contributed by atoms with van der Waals surface area (Å²) in [6.45, 7) is 1.56. The molecule has 0 saturated carbocycles. The molecule has 19 heavy (non-hydrogen) atoms. The van der Waals surface area contributed by atoms with Gasteiger partial charge in [-0.05, 0) is 30.7 Å². The molecule has 0 unspecified atom stereocenters. The summed E-state index contributed by atoms with van der Waals surface area (Å²) in [5.74, 6) is -1.87. The summed E-state index contributed by atoms with van der Waals surface area (Å²) in [4.78, 5) is 22.0. The third kappa shape index (κ3) is 4.99. The van der Waals surface area contributed by atoms with Gasteiger partial charge in [0.2, 0.25) is 5.91 Å². The highest BCUT2D eigenvalue weighted by molar-refractivity contribution is 5.93. The molecule has 104 valence electrons. The van der Waals surface area contributed by atoms with Gasteiger partial charge < -0.3 is 10.4 Å². The van der Waals surface area contributed by atoms with E-state index in [0.29, 0.717) is 11.3 Å². The van der Waals surface area contributed by atoms with Gasteiger partial charge in [0.15, 0.2) is 0 Å². The number of aromatic carboxylic acids is 1. The van der Waals surface area contributed by atoms with Crippen LogP contribution in [0.2, 0.25) is 0 Å². The SMILES string of the molecule is Cc1cc(C(=O)O)ccc1NC(=O)CCC(F)(F)F. The van der Waals surface area contributed by atoms with Crippen molar-refractivity contribution >= 4 is 17.6 Å². The van der Waals surface area contributed by atoms with Crippen LogP contribution >= 0.6 is 0 Å². The van der Waals surface area contributed by atoms with Crippen LogP contribution in [0.4, 0.5) is 18.9 Å². The zero-order valence-corrected chi connectivity index (χ0v) is 10.0. The van der Waals surface area contributed by atoms with Crippen molar-refractivity contribution in [1.29, 1.82) is 0 Å². The number of carbonyl (C=O) groups is 2. The highest BCUT2D eigenvalue weighted by Crippen LogP contribution is 2.22. The van der Waals surface area contributed by atoms with Gasteiger partial charge in [-0.15, -0.1) is 0 Å². The number of anilines is 1. The fourth-order valence-corrected chi connectivity index (χ4v) is 1.40. The predicted octanol–water partition coefficient (Wildman–Crippen LogP) is 2.97. The van der Waals surface area contributed by atoms with Crippen molar-refractivity contribution in [2.24, 2.45) is 0 Å². The van der Waals surface area contributed by atoms with Crippen molar-refractivity contribution in [3.05, 3.63) is 29.3 Å². The Morgan fingerprint density at radius 1 is 1.32 bits per heavy atom. The number of alkyl halides is 3. The maximum absolute atomic E-state index is 11.9. The number of benzene rings is 1. The van der Waals surface area contributed by atoms with E-state index in [1.807, 2.05) is 0 Å². The van der Waals surface area contributed by atoms with E-state index in [0.717, 1.165) is 0 Å². The number of rotatable bonds is 4. The van der Waals surface area contributed by atoms with E-state index in [-0.39, 0.29) is 5.56 Å². The quantitative estimate of drug-likeness (QED) is 0.887. The third-order valence-corrected chi connectivity index (χ3v) is 2.38. The Balaban J connectivity index is 2.67. The number of hydrogen-bond donors (Lipinski definition) is 2. The lowest BCUT2D eigenvalue weighted by Crippen LogP contribution is -2.17. The lowest BCUT2D eigenvalue weighted by Gasteiger charge is -2.10. The number of amides is 1. The van der Waals surface area contributed by atoms with Crippen LogP contribution in [0.1, 0.15) is 28.8 Å². The van der Waals surface area contributed by atoms with Crippen LogP contribution in [0.3, 0.4) is 0 Å². The first-order valence-electron chi connectivity index (χ1n) is 5.39. The first kappa shape index (κ1) is 15.0. The molecular weight excluding hydrogens is 263 g/mol. The van der Waals surface area contributed by atoms with Crippen LogP contribution < -0.4 is 5.32 Å². The monoisotopic (exact) mass is 275 g/mol. The second-order valence-electron chi connectivity index (χ2n) is 4.00. The van der Waals surface area contributed by atoms with Crippen LogP contribution in [0, 0.1) is 6.92 Å². The molecule has 7 heteroatoms. The highest BCUT2D eigenvalue weighted by atomic mass is 19.4. The average Bonchev–Trinajstić information content (AvgIpc) is 2.28. The van der Waals surface area contributed by atoms with E-state index in [2.05, 4.69) is 5.32 Å². The lowest BCUT2D eigenvalue weighted by atomic mass is 10.1. The summed E-state index contributed by atoms with van der Waals surface area (Å²) in [7, 11) is 0. The summed E-state index contributed by atoms with van der Waals surface area (Å²) in [5.41, 5.74) is 0.822. The first-order chi connectivity index (χ1) is 8.69. The second kappa shape index (κ2) is 5.73. The van der Waals surface area contributed by atoms with Gasteiger partial charge in [0.1, 0.15) is 0 Å². The summed E-state index contributed by atoms with van der Waals surface area (Å²) < 4.78 is 35.8. The van der Waals surface area contributed by atoms with Gasteiger partial charge in [-0.1, -0.05) is 0 Å². The van der Waals surface area contributed by atoms with Gasteiger partial charge in [0, 0.05) is 12.1 Å². The summed E-state index contributed by atoms with van der Waals surface area (Å²) in [6, 6.07) is 3.96. The number of nitrogens with one attached hydrogen (secondary N) is 1. The van der Waals surface area contributed by atoms with E-state index < -0.39 is 30.9 Å². The fraction of sp³-hybridized carbons (Fsp3) is 0.333. The van der Waals surface area contributed by atoms with Crippen LogP contribution in [0.15, 0.2) is 18.2 Å². The Kier molecular flexibility index (Phi) is 4.52. The molecule has 1 rings (SSSR count). The molecule has 0 aliphatic rings. The summed E-state index contributed by atoms with van der Waals surface area (Å²) in [6.07, 6.45) is -6.23. The van der Waals surface area contributed by atoms with E-state index >= 15 is 0 Å². The molecule has 1 amide bonds. The van der Waals surface area contributed by atoms with Crippen molar-refractivity contribution in [1.82, 2.24) is 0 Å². The molecule has 1 aromatic rings. The number of carboxylic acids is 1. The van der Waals surface area contributed by atoms with E-state index in [1.54, 1.807) is 6.92 Å². The maximum Gasteiger partial charge on any atom is 0.389 e. The van der Waals surface area contributed by atoms with Crippen molar-refractivity contribution in [3.63, 3.8) is 0 Å². The fourth-order valence-electron chi connectivity index (χ4n) is 1.40. The Labute approximate surface area is 107 Å². The summed E-state index contributed by atoms with van der Waals surface area (Å²) >= 11 is 0. The zero-order chi connectivity index (χ0) is 14.6. The molecule has 0 saturated heterocycles. The van der Waals surface area contributed by atoms with Crippen LogP contribution in [0.25, 0.3) is 0 Å². The molecule has 0 spiro atoms. The minimum atomic E-state index is -4.38. The Bertz CT molecular complexity index is 497. The van der Waals surface area contributed by atoms with Gasteiger partial charge in [0.25, 0.3) is 0 Å². The smallest absolute Gasteiger partial charge is 0.389 e. The molecule has 0 aliphatic carbocycles. The van der Waals surface area contributed by atoms with Gasteiger partial charge in [-0.2, -0.15) is 13.2 Å². The zero-order valence-electron chi connectivity index (χ0n) is 10.0. The van der Waals surface area contributed by atoms with Crippen molar-refractivity contribution < 1.29 is 27.9 Å². The molecule has 0 atom stereocenters. The van der Waals surface area contributed by atoms with Crippen molar-refractivity contribution in [2.75, 3.05) is 5.32 Å². The molecule has 0 aliphatic heterocycles. The van der Waals surface area contributed by atoms with Gasteiger partial charge in [-0.3, -0.25) is 4.79 Å². The number of hydrogen-bond acceptors (Lipinski definition) is 2. The molecule has 4 nitrogen and oxygen atoms in total. The molecule has 0 fully saturated rings. The van der Waals surface area contributed by atoms with Crippen LogP contribution in [-0.2, 0) is 4.79 Å². The molecular formula is C12H12F3NO3. The van der Waals surface area contributed by atoms with Crippen molar-refractivity contribution in [3.8, 4) is 0 Å². The minimum absolute atomic E-state index is 0.0470. The Morgan fingerprint density at radius 3 is 2.42 bits per heavy atom. The minimum Gasteiger partial charge on any atom is -0.478 e. The number of carboxylic acid groups (broad SMARTS) is 1. The summed E-state index contributed by atoms with van der Waals surface area (Å²) in [5, 5.41) is 11.1. The highest BCUT2D eigenvalue weighted by Gasteiger charge is 2.27. The molecule has 0 radical (unpaired) electrons. The standard InChI is InChI=1S/C12H12F3NO3/c1-7-6-8(11(18)19)2-3-9(7)16-10(17)4-5-12(13,14)15/h2-3,6H,4-5H2,1H3,(H,16,17)(H,18,19). The number of halogens is 3. The molecule has 2 N–H and O–H groups in total. The van der Waals surface area contributed by atoms with Crippen LogP contribution in [-0.4, -0.2) is 23.2 Å². The van der Waals surface area contributed by atoms with Gasteiger partial charge >= 0.3 is 12.1 Å². The maximum atomic E-state index is 11.9. The van der Waals surface area contributed by atoms with E-state index in [1.165, 1.54) is 18.2 Å². The molecule has 0 aromatic heterocycles. The average molecular weight is 275 g/mol. The normalized spacial score (nSPS) is 11.2. The largest absolute Gasteiger partial charge is 0.478 e. The number of aryl methyl sites for hydroxylation is 1.